The van der Waals surface area contributed by atoms with Crippen LogP contribution < -0.4 is 10.2 Å². The van der Waals surface area contributed by atoms with Crippen LogP contribution in [0, 0.1) is 11.6 Å². The molecule has 1 aliphatic rings. The lowest BCUT2D eigenvalue weighted by molar-refractivity contribution is -0.116. The molecule has 0 bridgehead atoms. The van der Waals surface area contributed by atoms with Crippen LogP contribution in [0.2, 0.25) is 0 Å². The summed E-state index contributed by atoms with van der Waals surface area (Å²) < 4.78 is 38.7. The molecule has 0 aliphatic carbocycles. The van der Waals surface area contributed by atoms with Crippen molar-refractivity contribution in [2.24, 2.45) is 0 Å². The van der Waals surface area contributed by atoms with Crippen LogP contribution in [0.15, 0.2) is 58.5 Å². The molecule has 3 heterocycles. The largest absolute Gasteiger partial charge is 0.441 e. The number of nitrogens with zero attached hydrogens (tertiary/aromatic N) is 3. The number of carbonyl (C=O) groups is 1. The highest BCUT2D eigenvalue weighted by Gasteiger charge is 2.17. The third-order valence-corrected chi connectivity index (χ3v) is 6.47. The number of nitrogens with one attached hydrogen (secondary N) is 1. The highest BCUT2D eigenvalue weighted by molar-refractivity contribution is 7.14. The summed E-state index contributed by atoms with van der Waals surface area (Å²) in [5.41, 5.74) is 2.24. The molecule has 1 aliphatic heterocycles. The van der Waals surface area contributed by atoms with Gasteiger partial charge < -0.3 is 19.4 Å². The van der Waals surface area contributed by atoms with E-state index in [2.05, 4.69) is 15.2 Å². The number of thiazole rings is 1. The number of ether oxygens (including phenoxy) is 1. The van der Waals surface area contributed by atoms with E-state index in [1.165, 1.54) is 12.3 Å². The van der Waals surface area contributed by atoms with Gasteiger partial charge in [-0.05, 0) is 24.3 Å². The predicted octanol–water partition coefficient (Wildman–Crippen LogP) is 5.15. The number of oxazole rings is 1. The smallest absolute Gasteiger partial charge is 0.224 e. The number of benzene rings is 2. The second kappa shape index (κ2) is 10.3. The van der Waals surface area contributed by atoms with Gasteiger partial charge in [0.2, 0.25) is 5.91 Å². The van der Waals surface area contributed by atoms with Gasteiger partial charge in [-0.1, -0.05) is 18.2 Å². The number of rotatable bonds is 7. The standard InChI is InChI=1S/C25H22F2N4O3S/c26-18-2-1-3-19(27)24(18)21-14-28-23(34-21)9-8-22(32)29-17-6-4-16(5-7-17)20-15-35-25(30-20)31-10-12-33-13-11-31/h1-7,14-15H,8-13H2,(H,29,32). The van der Waals surface area contributed by atoms with Gasteiger partial charge >= 0.3 is 0 Å². The molecule has 180 valence electrons. The van der Waals surface area contributed by atoms with Gasteiger partial charge in [0, 0.05) is 42.6 Å². The molecular formula is C25H22F2N4O3S. The zero-order valence-electron chi connectivity index (χ0n) is 18.7. The Kier molecular flexibility index (Phi) is 6.82. The first-order valence-corrected chi connectivity index (χ1v) is 12.0. The molecule has 1 amide bonds. The van der Waals surface area contributed by atoms with Crippen molar-refractivity contribution in [2.75, 3.05) is 36.5 Å². The number of halogens is 2. The number of carbonyl (C=O) groups excluding carboxylic acids is 1. The van der Waals surface area contributed by atoms with Crippen LogP contribution in [-0.2, 0) is 16.0 Å². The number of hydrogen-bond donors (Lipinski definition) is 1. The Morgan fingerprint density at radius 2 is 1.83 bits per heavy atom. The van der Waals surface area contributed by atoms with Crippen LogP contribution in [0.5, 0.6) is 0 Å². The second-order valence-electron chi connectivity index (χ2n) is 7.96. The lowest BCUT2D eigenvalue weighted by Crippen LogP contribution is -2.36. The van der Waals surface area contributed by atoms with E-state index < -0.39 is 11.6 Å². The number of morpholine rings is 1. The number of hydrogen-bond acceptors (Lipinski definition) is 7. The molecule has 1 N–H and O–H groups in total. The Bertz CT molecular complexity index is 1300. The highest BCUT2D eigenvalue weighted by atomic mass is 32.1. The monoisotopic (exact) mass is 496 g/mol. The minimum absolute atomic E-state index is 0.00888. The molecule has 1 saturated heterocycles. The van der Waals surface area contributed by atoms with Gasteiger partial charge in [0.25, 0.3) is 0 Å². The zero-order valence-corrected chi connectivity index (χ0v) is 19.5. The summed E-state index contributed by atoms with van der Waals surface area (Å²) in [6.45, 7) is 3.11. The fourth-order valence-electron chi connectivity index (χ4n) is 3.74. The summed E-state index contributed by atoms with van der Waals surface area (Å²) in [7, 11) is 0. The summed E-state index contributed by atoms with van der Waals surface area (Å²) in [5.74, 6) is -1.47. The molecule has 0 radical (unpaired) electrons. The molecule has 5 rings (SSSR count). The van der Waals surface area contributed by atoms with Crippen molar-refractivity contribution in [3.8, 4) is 22.6 Å². The Hall–Kier alpha value is -3.63. The summed E-state index contributed by atoms with van der Waals surface area (Å²) in [4.78, 5) is 23.4. The topological polar surface area (TPSA) is 80.5 Å². The first-order chi connectivity index (χ1) is 17.1. The molecule has 2 aromatic heterocycles. The predicted molar refractivity (Wildman–Crippen MR) is 129 cm³/mol. The summed E-state index contributed by atoms with van der Waals surface area (Å²) >= 11 is 1.61. The van der Waals surface area contributed by atoms with Crippen LogP contribution in [0.3, 0.4) is 0 Å². The maximum Gasteiger partial charge on any atom is 0.224 e. The van der Waals surface area contributed by atoms with E-state index in [0.29, 0.717) is 18.9 Å². The molecular weight excluding hydrogens is 474 g/mol. The molecule has 7 nitrogen and oxygen atoms in total. The Morgan fingerprint density at radius 3 is 2.57 bits per heavy atom. The molecule has 4 aromatic rings. The van der Waals surface area contributed by atoms with Crippen LogP contribution in [-0.4, -0.2) is 42.2 Å². The van der Waals surface area contributed by atoms with Gasteiger partial charge in [-0.3, -0.25) is 4.79 Å². The normalized spacial score (nSPS) is 13.7. The fourth-order valence-corrected chi connectivity index (χ4v) is 4.63. The number of amides is 1. The lowest BCUT2D eigenvalue weighted by Gasteiger charge is -2.26. The highest BCUT2D eigenvalue weighted by Crippen LogP contribution is 2.29. The first kappa shape index (κ1) is 23.1. The van der Waals surface area contributed by atoms with E-state index in [4.69, 9.17) is 14.1 Å². The third-order valence-electron chi connectivity index (χ3n) is 5.57. The number of aromatic nitrogens is 2. The average molecular weight is 497 g/mol. The van der Waals surface area contributed by atoms with Gasteiger partial charge in [-0.25, -0.2) is 18.7 Å². The van der Waals surface area contributed by atoms with Crippen LogP contribution in [0.4, 0.5) is 19.6 Å². The third kappa shape index (κ3) is 5.39. The fraction of sp³-hybridized carbons (Fsp3) is 0.240. The number of anilines is 2. The maximum absolute atomic E-state index is 13.9. The molecule has 10 heteroatoms. The minimum atomic E-state index is -0.733. The Balaban J connectivity index is 1.15. The van der Waals surface area contributed by atoms with Crippen molar-refractivity contribution in [1.29, 1.82) is 0 Å². The van der Waals surface area contributed by atoms with Gasteiger partial charge in [0.15, 0.2) is 16.8 Å². The molecule has 2 aromatic carbocycles. The van der Waals surface area contributed by atoms with Crippen molar-refractivity contribution in [2.45, 2.75) is 12.8 Å². The Morgan fingerprint density at radius 1 is 1.09 bits per heavy atom. The van der Waals surface area contributed by atoms with E-state index in [9.17, 15) is 13.6 Å². The van der Waals surface area contributed by atoms with Crippen molar-refractivity contribution in [3.05, 3.63) is 71.6 Å². The van der Waals surface area contributed by atoms with E-state index in [0.717, 1.165) is 41.6 Å². The maximum atomic E-state index is 13.9. The van der Waals surface area contributed by atoms with Gasteiger partial charge in [-0.15, -0.1) is 11.3 Å². The van der Waals surface area contributed by atoms with Crippen molar-refractivity contribution >= 4 is 28.1 Å². The first-order valence-electron chi connectivity index (χ1n) is 11.1. The molecule has 0 atom stereocenters. The second-order valence-corrected chi connectivity index (χ2v) is 8.79. The van der Waals surface area contributed by atoms with Crippen LogP contribution in [0.25, 0.3) is 22.6 Å². The van der Waals surface area contributed by atoms with Crippen LogP contribution >= 0.6 is 11.3 Å². The summed E-state index contributed by atoms with van der Waals surface area (Å²) in [5, 5.41) is 5.84. The average Bonchev–Trinajstić information content (AvgIpc) is 3.54. The summed E-state index contributed by atoms with van der Waals surface area (Å²) in [6.07, 6.45) is 1.57. The van der Waals surface area contributed by atoms with E-state index >= 15 is 0 Å². The quantitative estimate of drug-likeness (QED) is 0.381. The van der Waals surface area contributed by atoms with Crippen molar-refractivity contribution in [3.63, 3.8) is 0 Å². The van der Waals surface area contributed by atoms with Crippen LogP contribution in [0.1, 0.15) is 12.3 Å². The van der Waals surface area contributed by atoms with Gasteiger partial charge in [0.1, 0.15) is 11.6 Å². The minimum Gasteiger partial charge on any atom is -0.441 e. The lowest BCUT2D eigenvalue weighted by atomic mass is 10.1. The van der Waals surface area contributed by atoms with Crippen molar-refractivity contribution in [1.82, 2.24) is 9.97 Å². The molecule has 1 fully saturated rings. The molecule has 35 heavy (non-hydrogen) atoms. The van der Waals surface area contributed by atoms with E-state index in [1.54, 1.807) is 11.3 Å². The number of aryl methyl sites for hydroxylation is 1. The van der Waals surface area contributed by atoms with Gasteiger partial charge in [0.05, 0.1) is 30.7 Å². The zero-order chi connectivity index (χ0) is 24.2. The SMILES string of the molecule is O=C(CCc1ncc(-c2c(F)cccc2F)o1)Nc1ccc(-c2csc(N3CCOCC3)n2)cc1. The molecule has 0 unspecified atom stereocenters. The van der Waals surface area contributed by atoms with E-state index in [-0.39, 0.29) is 36.0 Å². The van der Waals surface area contributed by atoms with Gasteiger partial charge in [-0.2, -0.15) is 0 Å². The molecule has 0 saturated carbocycles. The summed E-state index contributed by atoms with van der Waals surface area (Å²) in [6, 6.07) is 11.1. The van der Waals surface area contributed by atoms with E-state index in [1.807, 2.05) is 29.6 Å². The Labute approximate surface area is 204 Å². The molecule has 0 spiro atoms. The van der Waals surface area contributed by atoms with Crippen molar-refractivity contribution < 1.29 is 22.7 Å².